The van der Waals surface area contributed by atoms with Crippen molar-refractivity contribution in [3.8, 4) is 0 Å². The van der Waals surface area contributed by atoms with E-state index in [0.717, 1.165) is 32.1 Å². The molecule has 4 N–H and O–H groups in total. The van der Waals surface area contributed by atoms with Crippen LogP contribution in [0.15, 0.2) is 12.2 Å². The highest BCUT2D eigenvalue weighted by Crippen LogP contribution is 2.23. The molecule has 0 aromatic carbocycles. The van der Waals surface area contributed by atoms with E-state index in [1.165, 1.54) is 283 Å². The van der Waals surface area contributed by atoms with Gasteiger partial charge >= 0.3 is 5.97 Å². The summed E-state index contributed by atoms with van der Waals surface area (Å²) in [6, 6.07) is 0. The molecule has 0 spiro atoms. The summed E-state index contributed by atoms with van der Waals surface area (Å²) in [6.07, 6.45) is 62.9. The number of aliphatic hydroxyl groups excluding tert-OH is 4. The van der Waals surface area contributed by atoms with Crippen molar-refractivity contribution in [3.05, 3.63) is 12.2 Å². The van der Waals surface area contributed by atoms with E-state index in [9.17, 15) is 25.2 Å². The molecule has 74 heavy (non-hydrogen) atoms. The molecule has 0 bridgehead atoms. The Morgan fingerprint density at radius 2 is 0.743 bits per heavy atom. The van der Waals surface area contributed by atoms with Crippen LogP contribution in [0.5, 0.6) is 0 Å². The average Bonchev–Trinajstić information content (AvgIpc) is 3.40. The molecule has 0 aliphatic carbocycles. The molecule has 0 saturated carbocycles. The molecule has 9 heteroatoms. The van der Waals surface area contributed by atoms with Crippen LogP contribution in [0.3, 0.4) is 0 Å². The van der Waals surface area contributed by atoms with Gasteiger partial charge in [-0.1, -0.05) is 302 Å². The van der Waals surface area contributed by atoms with Gasteiger partial charge in [-0.15, -0.1) is 0 Å². The zero-order valence-corrected chi connectivity index (χ0v) is 49.1. The molecule has 1 aliphatic heterocycles. The second-order valence-electron chi connectivity index (χ2n) is 22.9. The summed E-state index contributed by atoms with van der Waals surface area (Å²) < 4.78 is 23.1. The SMILES string of the molecule is CCCCCCCCCC/C=C\CCCCCCCCCCCCCCCC(=O)OC(COCCCCCCCCCCCCCCCCCCCCCCCCCCCC)COC1OC(CO)C(O)C(O)C1O. The van der Waals surface area contributed by atoms with Crippen molar-refractivity contribution in [1.29, 1.82) is 0 Å². The van der Waals surface area contributed by atoms with Gasteiger partial charge in [-0.05, 0) is 38.5 Å². The topological polar surface area (TPSA) is 135 Å². The summed E-state index contributed by atoms with van der Waals surface area (Å²) in [5, 5.41) is 40.5. The number of allylic oxidation sites excluding steroid dienone is 2. The number of carbonyl (C=O) groups is 1. The number of aliphatic hydroxyl groups is 4. The Labute approximate surface area is 458 Å². The lowest BCUT2D eigenvalue weighted by Crippen LogP contribution is -2.59. The van der Waals surface area contributed by atoms with E-state index in [1.807, 2.05) is 0 Å². The van der Waals surface area contributed by atoms with E-state index in [-0.39, 0.29) is 19.2 Å². The third-order valence-corrected chi connectivity index (χ3v) is 15.7. The smallest absolute Gasteiger partial charge is 0.306 e. The van der Waals surface area contributed by atoms with Gasteiger partial charge < -0.3 is 39.4 Å². The summed E-state index contributed by atoms with van der Waals surface area (Å²) in [6.45, 7) is 4.65. The number of rotatable bonds is 59. The molecule has 6 unspecified atom stereocenters. The van der Waals surface area contributed by atoms with Crippen molar-refractivity contribution in [2.75, 3.05) is 26.4 Å². The Hall–Kier alpha value is -1.07. The first-order valence-electron chi connectivity index (χ1n) is 32.8. The number of esters is 1. The highest BCUT2D eigenvalue weighted by molar-refractivity contribution is 5.69. The molecule has 1 rings (SSSR count). The van der Waals surface area contributed by atoms with Gasteiger partial charge in [0.1, 0.15) is 30.5 Å². The van der Waals surface area contributed by atoms with Gasteiger partial charge in [-0.3, -0.25) is 4.79 Å². The lowest BCUT2D eigenvalue weighted by atomic mass is 9.99. The first-order valence-corrected chi connectivity index (χ1v) is 32.8. The van der Waals surface area contributed by atoms with E-state index < -0.39 is 43.4 Å². The summed E-state index contributed by atoms with van der Waals surface area (Å²) >= 11 is 0. The molecule has 0 aromatic rings. The van der Waals surface area contributed by atoms with Gasteiger partial charge in [-0.25, -0.2) is 0 Å². The minimum absolute atomic E-state index is 0.106. The van der Waals surface area contributed by atoms with Crippen LogP contribution < -0.4 is 0 Å². The van der Waals surface area contributed by atoms with Crippen molar-refractivity contribution >= 4 is 5.97 Å². The Balaban J connectivity index is 2.08. The van der Waals surface area contributed by atoms with E-state index >= 15 is 0 Å². The van der Waals surface area contributed by atoms with Crippen molar-refractivity contribution in [2.24, 2.45) is 0 Å². The molecule has 0 amide bonds. The predicted molar refractivity (Wildman–Crippen MR) is 312 cm³/mol. The quantitative estimate of drug-likeness (QED) is 0.0267. The maximum atomic E-state index is 12.9. The van der Waals surface area contributed by atoms with E-state index in [4.69, 9.17) is 18.9 Å². The van der Waals surface area contributed by atoms with Crippen LogP contribution in [0.25, 0.3) is 0 Å². The fourth-order valence-corrected chi connectivity index (χ4v) is 10.6. The highest BCUT2D eigenvalue weighted by atomic mass is 16.7. The normalized spacial score (nSPS) is 18.5. The molecule has 1 fully saturated rings. The molecular weight excluding hydrogens is 925 g/mol. The summed E-state index contributed by atoms with van der Waals surface area (Å²) in [7, 11) is 0. The second kappa shape index (κ2) is 56.6. The van der Waals surface area contributed by atoms with Crippen LogP contribution in [0.4, 0.5) is 0 Å². The Morgan fingerprint density at radius 1 is 0.419 bits per heavy atom. The number of carbonyl (C=O) groups excluding carboxylic acids is 1. The van der Waals surface area contributed by atoms with Gasteiger partial charge in [0, 0.05) is 13.0 Å². The molecule has 0 aromatic heterocycles. The first-order chi connectivity index (χ1) is 36.4. The number of ether oxygens (including phenoxy) is 4. The fourth-order valence-electron chi connectivity index (χ4n) is 10.6. The molecule has 9 nitrogen and oxygen atoms in total. The number of hydrogen-bond acceptors (Lipinski definition) is 9. The second-order valence-corrected chi connectivity index (χ2v) is 22.9. The maximum absolute atomic E-state index is 12.9. The van der Waals surface area contributed by atoms with Crippen molar-refractivity contribution in [2.45, 2.75) is 372 Å². The molecule has 6 atom stereocenters. The lowest BCUT2D eigenvalue weighted by molar-refractivity contribution is -0.305. The van der Waals surface area contributed by atoms with E-state index in [0.29, 0.717) is 13.0 Å². The standard InChI is InChI=1S/C65H126O9/c1-3-5-7-9-11-13-15-17-19-21-23-25-27-29-31-33-35-37-39-41-43-45-47-49-51-53-55-71-57-59(58-72-65-64(70)63(69)62(68)60(56-66)74-65)73-61(67)54-52-50-48-46-44-42-40-38-36-34-32-30-28-26-24-22-20-18-16-14-12-10-8-6-4-2/h22,24,59-60,62-66,68-70H,3-21,23,25-58H2,1-2H3/b24-22-. The monoisotopic (exact) mass is 1050 g/mol. The van der Waals surface area contributed by atoms with Gasteiger partial charge in [0.25, 0.3) is 0 Å². The third-order valence-electron chi connectivity index (χ3n) is 15.7. The number of unbranched alkanes of at least 4 members (excludes halogenated alkanes) is 46. The fraction of sp³-hybridized carbons (Fsp3) is 0.954. The molecule has 1 aliphatic rings. The molecular formula is C65H126O9. The Kier molecular flexibility index (Phi) is 54.3. The van der Waals surface area contributed by atoms with Crippen molar-refractivity contribution < 1.29 is 44.2 Å². The summed E-state index contributed by atoms with van der Waals surface area (Å²) in [5.74, 6) is -0.304. The van der Waals surface area contributed by atoms with Crippen molar-refractivity contribution in [3.63, 3.8) is 0 Å². The summed E-state index contributed by atoms with van der Waals surface area (Å²) in [4.78, 5) is 12.9. The summed E-state index contributed by atoms with van der Waals surface area (Å²) in [5.41, 5.74) is 0. The van der Waals surface area contributed by atoms with Crippen LogP contribution in [0, 0.1) is 0 Å². The van der Waals surface area contributed by atoms with Crippen LogP contribution in [-0.2, 0) is 23.7 Å². The molecule has 440 valence electrons. The molecule has 1 heterocycles. The zero-order valence-electron chi connectivity index (χ0n) is 49.1. The van der Waals surface area contributed by atoms with Crippen molar-refractivity contribution in [1.82, 2.24) is 0 Å². The molecule has 1 saturated heterocycles. The minimum Gasteiger partial charge on any atom is -0.457 e. The van der Waals surface area contributed by atoms with E-state index in [2.05, 4.69) is 26.0 Å². The van der Waals surface area contributed by atoms with Gasteiger partial charge in [0.05, 0.1) is 19.8 Å². The Morgan fingerprint density at radius 3 is 1.09 bits per heavy atom. The third kappa shape index (κ3) is 45.9. The largest absolute Gasteiger partial charge is 0.457 e. The van der Waals surface area contributed by atoms with Crippen LogP contribution in [0.1, 0.15) is 335 Å². The molecule has 0 radical (unpaired) electrons. The number of hydrogen-bond donors (Lipinski definition) is 4. The van der Waals surface area contributed by atoms with Gasteiger partial charge in [0.15, 0.2) is 6.29 Å². The van der Waals surface area contributed by atoms with Crippen LogP contribution >= 0.6 is 0 Å². The average molecular weight is 1050 g/mol. The lowest BCUT2D eigenvalue weighted by Gasteiger charge is -2.39. The maximum Gasteiger partial charge on any atom is 0.306 e. The predicted octanol–water partition coefficient (Wildman–Crippen LogP) is 17.8. The highest BCUT2D eigenvalue weighted by Gasteiger charge is 2.44. The minimum atomic E-state index is -1.53. The van der Waals surface area contributed by atoms with Gasteiger partial charge in [0.2, 0.25) is 0 Å². The van der Waals surface area contributed by atoms with E-state index in [1.54, 1.807) is 0 Å². The zero-order chi connectivity index (χ0) is 53.5. The van der Waals surface area contributed by atoms with Crippen LogP contribution in [0.2, 0.25) is 0 Å². The first kappa shape index (κ1) is 70.9. The Bertz CT molecular complexity index is 1150. The van der Waals surface area contributed by atoms with Crippen LogP contribution in [-0.4, -0.2) is 89.6 Å². The van der Waals surface area contributed by atoms with Gasteiger partial charge in [-0.2, -0.15) is 0 Å².